The van der Waals surface area contributed by atoms with E-state index in [2.05, 4.69) is 31.2 Å². The summed E-state index contributed by atoms with van der Waals surface area (Å²) >= 11 is 0. The maximum atomic E-state index is 10.0. The fraction of sp³-hybridized carbons (Fsp3) is 0.562. The Hall–Kier alpha value is -1.11. The molecule has 0 amide bonds. The van der Waals surface area contributed by atoms with Gasteiger partial charge in [0.15, 0.2) is 0 Å². The van der Waals surface area contributed by atoms with Crippen LogP contribution in [0.3, 0.4) is 0 Å². The first-order valence-corrected chi connectivity index (χ1v) is 6.82. The summed E-state index contributed by atoms with van der Waals surface area (Å²) in [6, 6.07) is 0. The summed E-state index contributed by atoms with van der Waals surface area (Å²) in [5.74, 6) is 0. The van der Waals surface area contributed by atoms with Crippen LogP contribution in [0.15, 0.2) is 36.5 Å². The Kier molecular flexibility index (Phi) is 13.9. The van der Waals surface area contributed by atoms with Gasteiger partial charge in [-0.05, 0) is 32.1 Å². The predicted molar refractivity (Wildman–Crippen MR) is 76.1 cm³/mol. The van der Waals surface area contributed by atoms with Crippen LogP contribution < -0.4 is 0 Å². The summed E-state index contributed by atoms with van der Waals surface area (Å²) in [6.45, 7) is 2.22. The van der Waals surface area contributed by atoms with Gasteiger partial charge in [-0.1, -0.05) is 56.2 Å². The quantitative estimate of drug-likeness (QED) is 0.213. The first-order chi connectivity index (χ1) is 8.41. The second-order valence-electron chi connectivity index (χ2n) is 4.14. The molecule has 0 aromatic heterocycles. The normalized spacial score (nSPS) is 12.1. The lowest BCUT2D eigenvalue weighted by molar-refractivity contribution is -0.107. The first-order valence-electron chi connectivity index (χ1n) is 6.82. The Morgan fingerprint density at radius 3 is 1.94 bits per heavy atom. The van der Waals surface area contributed by atoms with Crippen LogP contribution in [0.1, 0.15) is 58.3 Å². The Morgan fingerprint density at radius 2 is 1.29 bits per heavy atom. The molecule has 0 saturated heterocycles. The van der Waals surface area contributed by atoms with Crippen LogP contribution >= 0.6 is 0 Å². The van der Waals surface area contributed by atoms with Crippen molar-refractivity contribution in [2.75, 3.05) is 0 Å². The molecule has 0 aromatic rings. The average molecular weight is 234 g/mol. The van der Waals surface area contributed by atoms with E-state index in [0.29, 0.717) is 6.42 Å². The summed E-state index contributed by atoms with van der Waals surface area (Å²) in [4.78, 5) is 10.0. The van der Waals surface area contributed by atoms with E-state index in [1.807, 2.05) is 12.2 Å². The van der Waals surface area contributed by atoms with Crippen LogP contribution in [0, 0.1) is 0 Å². The maximum absolute atomic E-state index is 10.0. The van der Waals surface area contributed by atoms with Crippen molar-refractivity contribution in [3.8, 4) is 0 Å². The van der Waals surface area contributed by atoms with Crippen LogP contribution in [0.5, 0.6) is 0 Å². The zero-order valence-corrected chi connectivity index (χ0v) is 11.1. The third-order valence-corrected chi connectivity index (χ3v) is 2.47. The zero-order valence-electron chi connectivity index (χ0n) is 11.1. The van der Waals surface area contributed by atoms with E-state index in [4.69, 9.17) is 0 Å². The molecule has 0 unspecified atom stereocenters. The van der Waals surface area contributed by atoms with E-state index in [1.54, 1.807) is 0 Å². The van der Waals surface area contributed by atoms with Crippen molar-refractivity contribution in [3.63, 3.8) is 0 Å². The SMILES string of the molecule is CCCC/C=C/CCC/C=C\C=C/CCC=O. The molecule has 0 saturated carbocycles. The highest BCUT2D eigenvalue weighted by atomic mass is 16.1. The smallest absolute Gasteiger partial charge is 0.120 e. The van der Waals surface area contributed by atoms with E-state index in [0.717, 1.165) is 19.1 Å². The molecule has 0 atom stereocenters. The molecule has 0 spiro atoms. The van der Waals surface area contributed by atoms with Gasteiger partial charge in [0.05, 0.1) is 0 Å². The van der Waals surface area contributed by atoms with Crippen molar-refractivity contribution in [1.29, 1.82) is 0 Å². The van der Waals surface area contributed by atoms with Crippen molar-refractivity contribution in [3.05, 3.63) is 36.5 Å². The molecule has 96 valence electrons. The molecule has 1 nitrogen and oxygen atoms in total. The van der Waals surface area contributed by atoms with Gasteiger partial charge in [-0.2, -0.15) is 0 Å². The number of unbranched alkanes of at least 4 members (excludes halogenated alkanes) is 5. The molecule has 0 aliphatic heterocycles. The number of allylic oxidation sites excluding steroid dienone is 6. The van der Waals surface area contributed by atoms with E-state index in [-0.39, 0.29) is 0 Å². The lowest BCUT2D eigenvalue weighted by Crippen LogP contribution is -1.71. The summed E-state index contributed by atoms with van der Waals surface area (Å²) in [5, 5.41) is 0. The van der Waals surface area contributed by atoms with Crippen LogP contribution in [0.2, 0.25) is 0 Å². The molecule has 0 aromatic carbocycles. The highest BCUT2D eigenvalue weighted by Crippen LogP contribution is 2.01. The second kappa shape index (κ2) is 14.9. The number of hydrogen-bond donors (Lipinski definition) is 0. The topological polar surface area (TPSA) is 17.1 Å². The Bertz CT molecular complexity index is 236. The minimum Gasteiger partial charge on any atom is -0.303 e. The van der Waals surface area contributed by atoms with Gasteiger partial charge >= 0.3 is 0 Å². The van der Waals surface area contributed by atoms with Crippen LogP contribution in [0.25, 0.3) is 0 Å². The van der Waals surface area contributed by atoms with Crippen molar-refractivity contribution < 1.29 is 4.79 Å². The summed E-state index contributed by atoms with van der Waals surface area (Å²) in [7, 11) is 0. The maximum Gasteiger partial charge on any atom is 0.120 e. The van der Waals surface area contributed by atoms with E-state index in [9.17, 15) is 4.79 Å². The molecule has 0 rings (SSSR count). The second-order valence-corrected chi connectivity index (χ2v) is 4.14. The van der Waals surface area contributed by atoms with Gasteiger partial charge in [0.25, 0.3) is 0 Å². The van der Waals surface area contributed by atoms with Gasteiger partial charge in [0, 0.05) is 6.42 Å². The van der Waals surface area contributed by atoms with E-state index >= 15 is 0 Å². The third kappa shape index (κ3) is 14.9. The largest absolute Gasteiger partial charge is 0.303 e. The Morgan fingerprint density at radius 1 is 0.706 bits per heavy atom. The van der Waals surface area contributed by atoms with Crippen molar-refractivity contribution >= 4 is 6.29 Å². The molecule has 17 heavy (non-hydrogen) atoms. The number of carbonyl (C=O) groups excluding carboxylic acids is 1. The van der Waals surface area contributed by atoms with Gasteiger partial charge in [-0.3, -0.25) is 0 Å². The molecule has 0 heterocycles. The molecular formula is C16H26O. The van der Waals surface area contributed by atoms with Crippen molar-refractivity contribution in [2.45, 2.75) is 58.3 Å². The average Bonchev–Trinajstić information content (AvgIpc) is 2.35. The fourth-order valence-corrected chi connectivity index (χ4v) is 1.43. The zero-order chi connectivity index (χ0) is 12.6. The van der Waals surface area contributed by atoms with Gasteiger partial charge < -0.3 is 4.79 Å². The van der Waals surface area contributed by atoms with Crippen LogP contribution in [-0.4, -0.2) is 6.29 Å². The van der Waals surface area contributed by atoms with E-state index < -0.39 is 0 Å². The number of rotatable bonds is 11. The molecule has 0 bridgehead atoms. The van der Waals surface area contributed by atoms with Crippen LogP contribution in [-0.2, 0) is 4.79 Å². The molecule has 1 heteroatoms. The summed E-state index contributed by atoms with van der Waals surface area (Å²) in [6.07, 6.45) is 22.7. The molecule has 0 radical (unpaired) electrons. The number of aldehydes is 1. The van der Waals surface area contributed by atoms with Gasteiger partial charge in [0.2, 0.25) is 0 Å². The highest BCUT2D eigenvalue weighted by molar-refractivity contribution is 5.49. The molecule has 0 aliphatic rings. The molecular weight excluding hydrogens is 208 g/mol. The Balaban J connectivity index is 3.26. The standard InChI is InChI=1S/C16H26O/c1-2-3-4-5-6-7-8-9-10-11-12-13-14-15-16-17/h5-6,10-13,16H,2-4,7-9,14-15H2,1H3/b6-5+,11-10-,13-12-. The minimum absolute atomic E-state index is 0.632. The Labute approximate surface area is 106 Å². The van der Waals surface area contributed by atoms with Gasteiger partial charge in [-0.15, -0.1) is 0 Å². The summed E-state index contributed by atoms with van der Waals surface area (Å²) in [5.41, 5.74) is 0. The van der Waals surface area contributed by atoms with Gasteiger partial charge in [-0.25, -0.2) is 0 Å². The number of hydrogen-bond acceptors (Lipinski definition) is 1. The monoisotopic (exact) mass is 234 g/mol. The van der Waals surface area contributed by atoms with Crippen molar-refractivity contribution in [2.24, 2.45) is 0 Å². The van der Waals surface area contributed by atoms with Crippen molar-refractivity contribution in [1.82, 2.24) is 0 Å². The lowest BCUT2D eigenvalue weighted by atomic mass is 10.2. The number of carbonyl (C=O) groups is 1. The highest BCUT2D eigenvalue weighted by Gasteiger charge is 1.81. The summed E-state index contributed by atoms with van der Waals surface area (Å²) < 4.78 is 0. The third-order valence-electron chi connectivity index (χ3n) is 2.47. The predicted octanol–water partition coefficient (Wildman–Crippen LogP) is 4.99. The van der Waals surface area contributed by atoms with Crippen LogP contribution in [0.4, 0.5) is 0 Å². The first kappa shape index (κ1) is 15.9. The van der Waals surface area contributed by atoms with Gasteiger partial charge in [0.1, 0.15) is 6.29 Å². The molecule has 0 fully saturated rings. The van der Waals surface area contributed by atoms with E-state index in [1.165, 1.54) is 32.1 Å². The fourth-order valence-electron chi connectivity index (χ4n) is 1.43. The molecule has 0 aliphatic carbocycles. The lowest BCUT2D eigenvalue weighted by Gasteiger charge is -1.91. The molecule has 0 N–H and O–H groups in total. The minimum atomic E-state index is 0.632.